The molecule has 1 aromatic rings. The summed E-state index contributed by atoms with van der Waals surface area (Å²) in [6.07, 6.45) is 4.53. The van der Waals surface area contributed by atoms with Gasteiger partial charge >= 0.3 is 0 Å². The van der Waals surface area contributed by atoms with E-state index in [1.807, 2.05) is 4.90 Å². The van der Waals surface area contributed by atoms with E-state index in [1.54, 1.807) is 0 Å². The third kappa shape index (κ3) is 2.66. The summed E-state index contributed by atoms with van der Waals surface area (Å²) in [7, 11) is 0. The van der Waals surface area contributed by atoms with Gasteiger partial charge in [-0.05, 0) is 42.7 Å². The predicted octanol–water partition coefficient (Wildman–Crippen LogP) is 3.93. The minimum atomic E-state index is -2.53. The molecule has 0 aromatic heterocycles. The van der Waals surface area contributed by atoms with Crippen molar-refractivity contribution >= 4 is 5.91 Å². The van der Waals surface area contributed by atoms with Crippen LogP contribution in [0.3, 0.4) is 0 Å². The van der Waals surface area contributed by atoms with Crippen molar-refractivity contribution in [3.05, 3.63) is 35.4 Å². The zero-order valence-corrected chi connectivity index (χ0v) is 13.4. The van der Waals surface area contributed by atoms with Crippen LogP contribution in [0.1, 0.15) is 49.7 Å². The molecule has 1 aromatic carbocycles. The highest BCUT2D eigenvalue weighted by atomic mass is 19.3. The molecule has 1 saturated carbocycles. The summed E-state index contributed by atoms with van der Waals surface area (Å²) >= 11 is 0. The van der Waals surface area contributed by atoms with Gasteiger partial charge in [-0.15, -0.1) is 0 Å². The van der Waals surface area contributed by atoms with Gasteiger partial charge in [-0.25, -0.2) is 8.78 Å². The van der Waals surface area contributed by atoms with Crippen LogP contribution in [0.5, 0.6) is 0 Å². The average molecular weight is 319 g/mol. The Morgan fingerprint density at radius 2 is 2.00 bits per heavy atom. The average Bonchev–Trinajstić information content (AvgIpc) is 2.91. The first-order valence-corrected chi connectivity index (χ1v) is 8.72. The molecule has 124 valence electrons. The molecule has 1 amide bonds. The largest absolute Gasteiger partial charge is 0.342 e. The molecule has 1 aliphatic heterocycles. The Hall–Kier alpha value is -1.45. The molecule has 0 N–H and O–H groups in total. The fourth-order valence-corrected chi connectivity index (χ4v) is 4.82. The highest BCUT2D eigenvalue weighted by molar-refractivity contribution is 5.77. The van der Waals surface area contributed by atoms with Crippen molar-refractivity contribution in [3.63, 3.8) is 0 Å². The van der Waals surface area contributed by atoms with Crippen LogP contribution in [0.4, 0.5) is 8.78 Å². The lowest BCUT2D eigenvalue weighted by Gasteiger charge is -2.37. The number of aryl methyl sites for hydroxylation is 1. The van der Waals surface area contributed by atoms with Crippen molar-refractivity contribution in [2.75, 3.05) is 13.1 Å². The summed E-state index contributed by atoms with van der Waals surface area (Å²) in [5, 5.41) is 0. The van der Waals surface area contributed by atoms with Crippen LogP contribution in [-0.2, 0) is 16.6 Å². The van der Waals surface area contributed by atoms with E-state index in [0.717, 1.165) is 32.4 Å². The van der Waals surface area contributed by atoms with E-state index in [1.165, 1.54) is 17.5 Å². The molecular weight excluding hydrogens is 296 g/mol. The smallest absolute Gasteiger partial charge is 0.248 e. The highest BCUT2D eigenvalue weighted by Gasteiger charge is 2.48. The van der Waals surface area contributed by atoms with Gasteiger partial charge in [0.05, 0.1) is 0 Å². The van der Waals surface area contributed by atoms with Gasteiger partial charge in [0, 0.05) is 37.8 Å². The lowest BCUT2D eigenvalue weighted by Crippen LogP contribution is -2.41. The summed E-state index contributed by atoms with van der Waals surface area (Å²) in [6.45, 7) is 1.54. The second-order valence-corrected chi connectivity index (χ2v) is 7.69. The molecule has 4 rings (SSSR count). The lowest BCUT2D eigenvalue weighted by molar-refractivity contribution is -0.141. The van der Waals surface area contributed by atoms with Crippen molar-refractivity contribution < 1.29 is 13.6 Å². The molecule has 1 atom stereocenters. The van der Waals surface area contributed by atoms with Gasteiger partial charge in [-0.1, -0.05) is 24.3 Å². The number of amides is 1. The monoisotopic (exact) mass is 319 g/mol. The number of fused-ring (bicyclic) bond motifs is 2. The quantitative estimate of drug-likeness (QED) is 0.809. The number of halogens is 2. The van der Waals surface area contributed by atoms with Gasteiger partial charge in [0.1, 0.15) is 0 Å². The number of rotatable bonds is 2. The van der Waals surface area contributed by atoms with E-state index in [2.05, 4.69) is 24.3 Å². The van der Waals surface area contributed by atoms with Gasteiger partial charge in [0.25, 0.3) is 0 Å². The van der Waals surface area contributed by atoms with E-state index < -0.39 is 5.92 Å². The van der Waals surface area contributed by atoms with Crippen molar-refractivity contribution in [1.82, 2.24) is 4.90 Å². The van der Waals surface area contributed by atoms with Gasteiger partial charge in [0.15, 0.2) is 0 Å². The topological polar surface area (TPSA) is 20.3 Å². The van der Waals surface area contributed by atoms with Crippen LogP contribution >= 0.6 is 0 Å². The molecule has 1 saturated heterocycles. The van der Waals surface area contributed by atoms with Crippen LogP contribution in [0.15, 0.2) is 24.3 Å². The molecule has 1 spiro atoms. The second-order valence-electron chi connectivity index (χ2n) is 7.69. The molecule has 0 bridgehead atoms. The van der Waals surface area contributed by atoms with Crippen molar-refractivity contribution in [2.45, 2.75) is 56.3 Å². The zero-order chi connectivity index (χ0) is 16.1. The first kappa shape index (κ1) is 15.1. The van der Waals surface area contributed by atoms with E-state index >= 15 is 0 Å². The van der Waals surface area contributed by atoms with Crippen LogP contribution in [0.25, 0.3) is 0 Å². The Balaban J connectivity index is 1.44. The van der Waals surface area contributed by atoms with Gasteiger partial charge in [0.2, 0.25) is 11.8 Å². The molecule has 2 aliphatic carbocycles. The Kier molecular flexibility index (Phi) is 3.47. The molecule has 1 unspecified atom stereocenters. The number of benzene rings is 1. The van der Waals surface area contributed by atoms with E-state index in [4.69, 9.17) is 0 Å². The first-order chi connectivity index (χ1) is 11.0. The van der Waals surface area contributed by atoms with E-state index in [9.17, 15) is 13.6 Å². The maximum absolute atomic E-state index is 12.9. The molecule has 2 fully saturated rings. The van der Waals surface area contributed by atoms with Crippen molar-refractivity contribution in [2.24, 2.45) is 5.92 Å². The molecule has 0 radical (unpaired) electrons. The Bertz CT molecular complexity index is 622. The highest BCUT2D eigenvalue weighted by Crippen LogP contribution is 2.46. The summed E-state index contributed by atoms with van der Waals surface area (Å²) in [6, 6.07) is 8.60. The van der Waals surface area contributed by atoms with Gasteiger partial charge < -0.3 is 4.90 Å². The first-order valence-electron chi connectivity index (χ1n) is 8.72. The van der Waals surface area contributed by atoms with Gasteiger partial charge in [-0.3, -0.25) is 4.79 Å². The van der Waals surface area contributed by atoms with Crippen molar-refractivity contribution in [1.29, 1.82) is 0 Å². The number of carbonyl (C=O) groups excluding carboxylic acids is 1. The maximum Gasteiger partial charge on any atom is 0.248 e. The summed E-state index contributed by atoms with van der Waals surface area (Å²) in [5.41, 5.74) is 2.94. The Labute approximate surface area is 135 Å². The molecule has 1 heterocycles. The van der Waals surface area contributed by atoms with E-state index in [0.29, 0.717) is 6.42 Å². The van der Waals surface area contributed by atoms with Crippen LogP contribution in [-0.4, -0.2) is 29.8 Å². The maximum atomic E-state index is 12.9. The summed E-state index contributed by atoms with van der Waals surface area (Å²) < 4.78 is 25.9. The Morgan fingerprint density at radius 3 is 2.78 bits per heavy atom. The number of nitrogens with zero attached hydrogens (tertiary/aromatic N) is 1. The number of alkyl halides is 2. The minimum absolute atomic E-state index is 0.0745. The van der Waals surface area contributed by atoms with Crippen molar-refractivity contribution in [3.8, 4) is 0 Å². The summed E-state index contributed by atoms with van der Waals surface area (Å²) in [5.74, 6) is -2.57. The fraction of sp³-hybridized carbons (Fsp3) is 0.632. The molecule has 3 aliphatic rings. The summed E-state index contributed by atoms with van der Waals surface area (Å²) in [4.78, 5) is 14.4. The van der Waals surface area contributed by atoms with Gasteiger partial charge in [-0.2, -0.15) is 0 Å². The second kappa shape index (κ2) is 5.29. The minimum Gasteiger partial charge on any atom is -0.342 e. The Morgan fingerprint density at radius 1 is 1.22 bits per heavy atom. The van der Waals surface area contributed by atoms with Crippen LogP contribution in [0, 0.1) is 5.92 Å². The molecule has 4 heteroatoms. The fourth-order valence-electron chi connectivity index (χ4n) is 4.82. The third-order valence-electron chi connectivity index (χ3n) is 6.03. The lowest BCUT2D eigenvalue weighted by atomic mass is 9.69. The number of hydrogen-bond acceptors (Lipinski definition) is 1. The van der Waals surface area contributed by atoms with Crippen LogP contribution < -0.4 is 0 Å². The SMILES string of the molecule is O=C(CC1CC(F)(F)C1)N1CCC2(CCCc3ccccc32)C1. The molecule has 23 heavy (non-hydrogen) atoms. The zero-order valence-electron chi connectivity index (χ0n) is 13.4. The molecule has 2 nitrogen and oxygen atoms in total. The predicted molar refractivity (Wildman–Crippen MR) is 84.5 cm³/mol. The normalized spacial score (nSPS) is 29.4. The number of carbonyl (C=O) groups is 1. The third-order valence-corrected chi connectivity index (χ3v) is 6.03. The van der Waals surface area contributed by atoms with Crippen LogP contribution in [0.2, 0.25) is 0 Å². The number of likely N-dealkylation sites (tertiary alicyclic amines) is 1. The molecular formula is C19H23F2NO. The van der Waals surface area contributed by atoms with E-state index in [-0.39, 0.29) is 30.1 Å². The number of hydrogen-bond donors (Lipinski definition) is 0. The standard InChI is InChI=1S/C19H23F2NO/c20-19(21)11-14(12-19)10-17(23)22-9-8-18(13-22)7-3-5-15-4-1-2-6-16(15)18/h1-2,4,6,14H,3,5,7-13H2.